The minimum Gasteiger partial charge on any atom is -0.508 e. The molecule has 2 aliphatic heterocycles. The van der Waals surface area contributed by atoms with Crippen molar-refractivity contribution in [2.75, 3.05) is 0 Å². The molecule has 72 heavy (non-hydrogen) atoms. The van der Waals surface area contributed by atoms with Crippen LogP contribution in [0.2, 0.25) is 0 Å². The summed E-state index contributed by atoms with van der Waals surface area (Å²) in [5.74, 6) is 0.476. The van der Waals surface area contributed by atoms with Crippen LogP contribution in [0.1, 0.15) is 149 Å². The fourth-order valence-electron chi connectivity index (χ4n) is 11.2. The average molecular weight is 965 g/mol. The van der Waals surface area contributed by atoms with Crippen molar-refractivity contribution in [3.63, 3.8) is 0 Å². The maximum atomic E-state index is 12.5. The van der Waals surface area contributed by atoms with E-state index >= 15 is 0 Å². The topological polar surface area (TPSA) is 169 Å². The number of fused-ring (bicyclic) bond motifs is 8. The Labute approximate surface area is 419 Å². The Morgan fingerprint density at radius 2 is 0.569 bits per heavy atom. The monoisotopic (exact) mass is 964 g/mol. The standard InChI is InChI=1S/C60H60N4O8/c1-29(2)17-33-37-21-38(50(66)25-49(37)65)34(18-30(3)4)40-23-42-36(20-32(7)8)44-24-43-35(19-31(5)6)41-22-39(33)51(67)26-53(41)69-57-59(63-47-15-11-9-13-45(47)61-57)71-55(43)28-56(44)72-60-58(70-54(42)27-52(40)68)62-46-14-10-12-16-48(46)64-60/h9-16,21-36,65-68H,17-20H2,1-8H3. The molecule has 4 atom stereocenters. The Hall–Kier alpha value is -7.60. The lowest BCUT2D eigenvalue weighted by molar-refractivity contribution is 0.382. The zero-order chi connectivity index (χ0) is 50.3. The largest absolute Gasteiger partial charge is 0.508 e. The van der Waals surface area contributed by atoms with E-state index < -0.39 is 23.7 Å². The number of phenolic OH excluding ortho intramolecular Hbond substituents is 4. The number of nitrogens with zero attached hydrogens (tertiary/aromatic N) is 4. The summed E-state index contributed by atoms with van der Waals surface area (Å²) >= 11 is 0. The molecule has 0 saturated heterocycles. The third-order valence-electron chi connectivity index (χ3n) is 14.3. The minimum absolute atomic E-state index is 0.0303. The molecule has 4 N–H and O–H groups in total. The van der Waals surface area contributed by atoms with E-state index in [-0.39, 0.29) is 70.2 Å². The van der Waals surface area contributed by atoms with Crippen molar-refractivity contribution in [3.05, 3.63) is 142 Å². The fraction of sp³-hybridized carbons (Fsp3) is 0.333. The van der Waals surface area contributed by atoms with Gasteiger partial charge in [0.2, 0.25) is 0 Å². The Morgan fingerprint density at radius 3 is 0.861 bits per heavy atom. The number of ether oxygens (including phenoxy) is 4. The minimum atomic E-state index is -0.550. The van der Waals surface area contributed by atoms with Gasteiger partial charge >= 0.3 is 0 Å². The smallest absolute Gasteiger partial charge is 0.284 e. The molecule has 0 spiro atoms. The van der Waals surface area contributed by atoms with E-state index in [4.69, 9.17) is 38.9 Å². The summed E-state index contributed by atoms with van der Waals surface area (Å²) in [6, 6.07) is 29.8. The maximum absolute atomic E-state index is 12.5. The highest BCUT2D eigenvalue weighted by molar-refractivity contribution is 5.77. The Kier molecular flexibility index (Phi) is 11.8. The van der Waals surface area contributed by atoms with Crippen molar-refractivity contribution in [1.82, 2.24) is 19.9 Å². The summed E-state index contributed by atoms with van der Waals surface area (Å²) in [5, 5.41) is 49.1. The molecule has 4 unspecified atom stereocenters. The first kappa shape index (κ1) is 46.8. The number of aromatic nitrogens is 4. The third-order valence-corrected chi connectivity index (χ3v) is 14.3. The highest BCUT2D eigenvalue weighted by atomic mass is 16.5. The van der Waals surface area contributed by atoms with Crippen molar-refractivity contribution in [1.29, 1.82) is 0 Å². The van der Waals surface area contributed by atoms with E-state index in [1.54, 1.807) is 12.1 Å². The van der Waals surface area contributed by atoms with E-state index in [0.29, 0.717) is 93.0 Å². The van der Waals surface area contributed by atoms with Gasteiger partial charge in [0, 0.05) is 92.4 Å². The van der Waals surface area contributed by atoms with Crippen molar-refractivity contribution < 1.29 is 39.4 Å². The van der Waals surface area contributed by atoms with Gasteiger partial charge in [0.05, 0.1) is 22.1 Å². The SMILES string of the molecule is CC(C)CC1c2cc(c(O)cc2O)C(CC(C)C)c2cc3c(cc2O)Oc2nc4ccccc4nc2Oc2cc4c(cc2C3CC(C)C)C(CC(C)C)c2cc1c(O)cc2Oc1nc2ccccc2nc1O4. The van der Waals surface area contributed by atoms with Gasteiger partial charge in [0.15, 0.2) is 0 Å². The van der Waals surface area contributed by atoms with Crippen LogP contribution in [-0.2, 0) is 0 Å². The van der Waals surface area contributed by atoms with E-state index in [9.17, 15) is 20.4 Å². The summed E-state index contributed by atoms with van der Waals surface area (Å²) in [7, 11) is 0. The van der Waals surface area contributed by atoms with Crippen LogP contribution in [0.3, 0.4) is 0 Å². The van der Waals surface area contributed by atoms with Crippen LogP contribution in [-0.4, -0.2) is 40.4 Å². The number of benzene rings is 6. The predicted molar refractivity (Wildman–Crippen MR) is 277 cm³/mol. The first-order valence-corrected chi connectivity index (χ1v) is 25.3. The van der Waals surface area contributed by atoms with Crippen LogP contribution in [0.4, 0.5) is 0 Å². The zero-order valence-corrected chi connectivity index (χ0v) is 41.9. The molecule has 6 aromatic carbocycles. The number of hydrogen-bond acceptors (Lipinski definition) is 12. The molecule has 0 fully saturated rings. The van der Waals surface area contributed by atoms with Gasteiger partial charge in [-0.2, -0.15) is 0 Å². The van der Waals surface area contributed by atoms with Crippen molar-refractivity contribution in [2.45, 2.75) is 105 Å². The van der Waals surface area contributed by atoms with Crippen LogP contribution in [0.15, 0.2) is 97.1 Å². The normalized spacial score (nSPS) is 17.7. The number of para-hydroxylation sites is 4. The molecule has 0 saturated carbocycles. The average Bonchev–Trinajstić information content (AvgIpc) is 3.39. The molecule has 3 aliphatic rings. The van der Waals surface area contributed by atoms with Crippen molar-refractivity contribution in [2.24, 2.45) is 23.7 Å². The van der Waals surface area contributed by atoms with Gasteiger partial charge in [-0.1, -0.05) is 79.7 Å². The van der Waals surface area contributed by atoms with E-state index in [1.165, 1.54) is 6.07 Å². The van der Waals surface area contributed by atoms with Gasteiger partial charge in [0.25, 0.3) is 23.5 Å². The fourth-order valence-corrected chi connectivity index (χ4v) is 11.2. The van der Waals surface area contributed by atoms with Crippen LogP contribution in [0.25, 0.3) is 22.1 Å². The first-order valence-electron chi connectivity index (χ1n) is 25.3. The molecule has 8 bridgehead atoms. The zero-order valence-electron chi connectivity index (χ0n) is 41.9. The van der Waals surface area contributed by atoms with Gasteiger partial charge in [-0.25, -0.2) is 19.9 Å². The summed E-state index contributed by atoms with van der Waals surface area (Å²) < 4.78 is 28.0. The predicted octanol–water partition coefficient (Wildman–Crippen LogP) is 15.2. The molecule has 0 radical (unpaired) electrons. The molecule has 4 heterocycles. The number of aromatic hydroxyl groups is 4. The van der Waals surface area contributed by atoms with Gasteiger partial charge in [0.1, 0.15) is 46.0 Å². The van der Waals surface area contributed by atoms with Crippen LogP contribution in [0.5, 0.6) is 69.5 Å². The van der Waals surface area contributed by atoms with Gasteiger partial charge in [-0.05, 0) is 97.9 Å². The molecule has 368 valence electrons. The van der Waals surface area contributed by atoms with E-state index in [1.807, 2.05) is 72.8 Å². The molecular weight excluding hydrogens is 905 g/mol. The quantitative estimate of drug-likeness (QED) is 0.114. The molecule has 11 rings (SSSR count). The van der Waals surface area contributed by atoms with Crippen LogP contribution < -0.4 is 18.9 Å². The molecule has 12 nitrogen and oxygen atoms in total. The van der Waals surface area contributed by atoms with Crippen LogP contribution in [0, 0.1) is 23.7 Å². The maximum Gasteiger partial charge on any atom is 0.284 e. The van der Waals surface area contributed by atoms with Gasteiger partial charge in [-0.3, -0.25) is 0 Å². The Morgan fingerprint density at radius 1 is 0.333 bits per heavy atom. The second-order valence-electron chi connectivity index (χ2n) is 21.6. The van der Waals surface area contributed by atoms with E-state index in [0.717, 1.165) is 22.3 Å². The van der Waals surface area contributed by atoms with Crippen LogP contribution >= 0.6 is 0 Å². The van der Waals surface area contributed by atoms with Crippen molar-refractivity contribution >= 4 is 22.1 Å². The summed E-state index contributed by atoms with van der Waals surface area (Å²) in [4.78, 5) is 20.0. The Bertz CT molecular complexity index is 3220. The summed E-state index contributed by atoms with van der Waals surface area (Å²) in [6.07, 6.45) is 2.33. The molecular formula is C60H60N4O8. The molecule has 1 aliphatic carbocycles. The number of rotatable bonds is 8. The molecule has 0 amide bonds. The second kappa shape index (κ2) is 18.2. The number of hydrogen-bond donors (Lipinski definition) is 4. The van der Waals surface area contributed by atoms with Gasteiger partial charge in [-0.15, -0.1) is 0 Å². The molecule has 2 aromatic heterocycles. The second-order valence-corrected chi connectivity index (χ2v) is 21.6. The third kappa shape index (κ3) is 8.50. The highest BCUT2D eigenvalue weighted by Gasteiger charge is 2.38. The highest BCUT2D eigenvalue weighted by Crippen LogP contribution is 2.56. The Balaban J connectivity index is 1.32. The first-order chi connectivity index (χ1) is 34.6. The molecule has 12 heteroatoms. The summed E-state index contributed by atoms with van der Waals surface area (Å²) in [5.41, 5.74) is 7.87. The number of phenols is 4. The lowest BCUT2D eigenvalue weighted by Crippen LogP contribution is -2.14. The van der Waals surface area contributed by atoms with Gasteiger partial charge < -0.3 is 39.4 Å². The van der Waals surface area contributed by atoms with E-state index in [2.05, 4.69) is 61.5 Å². The van der Waals surface area contributed by atoms with Crippen molar-refractivity contribution in [3.8, 4) is 69.5 Å². The molecule has 8 aromatic rings. The lowest BCUT2D eigenvalue weighted by Gasteiger charge is -2.31. The summed E-state index contributed by atoms with van der Waals surface area (Å²) in [6.45, 7) is 17.2. The lowest BCUT2D eigenvalue weighted by atomic mass is 9.75.